The quantitative estimate of drug-likeness (QED) is 0.765. The number of rotatable bonds is 5. The molecule has 1 heterocycles. The van der Waals surface area contributed by atoms with E-state index in [2.05, 4.69) is 5.32 Å². The topological polar surface area (TPSA) is 75.7 Å². The smallest absolute Gasteiger partial charge is 0.265 e. The number of hydrogen-bond acceptors (Lipinski definition) is 4. The van der Waals surface area contributed by atoms with Crippen LogP contribution in [0.15, 0.2) is 42.5 Å². The number of hydrogen-bond donors (Lipinski definition) is 1. The van der Waals surface area contributed by atoms with E-state index in [9.17, 15) is 14.4 Å². The van der Waals surface area contributed by atoms with E-state index in [-0.39, 0.29) is 30.2 Å². The summed E-state index contributed by atoms with van der Waals surface area (Å²) in [6.07, 6.45) is 5.62. The normalized spacial score (nSPS) is 16.6. The highest BCUT2D eigenvalue weighted by molar-refractivity contribution is 6.01. The molecule has 0 bridgehead atoms. The fourth-order valence-corrected chi connectivity index (χ4v) is 4.10. The summed E-state index contributed by atoms with van der Waals surface area (Å²) in [7, 11) is 0. The maximum Gasteiger partial charge on any atom is 0.265 e. The minimum Gasteiger partial charge on any atom is -0.482 e. The number of Topliss-reactive ketones (excluding diaryl/α,β-unsaturated/α-hetero) is 1. The number of benzene rings is 2. The summed E-state index contributed by atoms with van der Waals surface area (Å²) in [4.78, 5) is 38.6. The van der Waals surface area contributed by atoms with E-state index in [1.165, 1.54) is 13.3 Å². The van der Waals surface area contributed by atoms with Gasteiger partial charge in [-0.1, -0.05) is 31.4 Å². The number of nitrogens with zero attached hydrogens (tertiary/aromatic N) is 1. The molecule has 30 heavy (non-hydrogen) atoms. The van der Waals surface area contributed by atoms with Crippen LogP contribution in [0.4, 0.5) is 5.69 Å². The summed E-state index contributed by atoms with van der Waals surface area (Å²) in [5.41, 5.74) is 2.55. The zero-order valence-corrected chi connectivity index (χ0v) is 17.1. The van der Waals surface area contributed by atoms with Gasteiger partial charge in [-0.05, 0) is 55.7 Å². The first-order chi connectivity index (χ1) is 14.5. The lowest BCUT2D eigenvalue weighted by atomic mass is 9.95. The third kappa shape index (κ3) is 4.37. The van der Waals surface area contributed by atoms with Crippen molar-refractivity contribution in [1.29, 1.82) is 0 Å². The molecule has 1 aliphatic heterocycles. The second-order valence-electron chi connectivity index (χ2n) is 8.02. The molecule has 2 amide bonds. The summed E-state index contributed by atoms with van der Waals surface area (Å²) < 4.78 is 5.52. The molecule has 0 saturated heterocycles. The molecular formula is C24H26N2O4. The standard InChI is InChI=1S/C24H26N2O4/c1-16(27)18-10-11-22-21(13-18)26(23(28)15-30-22)14-17-6-5-7-19(12-17)24(29)25-20-8-3-2-4-9-20/h5-7,10-13,20H,2-4,8-9,14-15H2,1H3,(H,25,29). The number of nitrogens with one attached hydrogen (secondary N) is 1. The van der Waals surface area contributed by atoms with Crippen molar-refractivity contribution in [2.75, 3.05) is 11.5 Å². The van der Waals surface area contributed by atoms with Gasteiger partial charge in [-0.3, -0.25) is 14.4 Å². The van der Waals surface area contributed by atoms with Crippen molar-refractivity contribution in [2.45, 2.75) is 51.6 Å². The predicted octanol–water partition coefficient (Wildman–Crippen LogP) is 3.88. The Hall–Kier alpha value is -3.15. The molecule has 1 saturated carbocycles. The molecule has 2 aromatic carbocycles. The van der Waals surface area contributed by atoms with Gasteiger partial charge in [0.05, 0.1) is 12.2 Å². The van der Waals surface area contributed by atoms with Gasteiger partial charge in [0.2, 0.25) is 0 Å². The van der Waals surface area contributed by atoms with Gasteiger partial charge in [-0.25, -0.2) is 0 Å². The lowest BCUT2D eigenvalue weighted by Crippen LogP contribution is -2.38. The number of amides is 2. The van der Waals surface area contributed by atoms with Crippen LogP contribution in [0.2, 0.25) is 0 Å². The minimum atomic E-state index is -0.180. The first kappa shape index (κ1) is 20.1. The molecule has 6 nitrogen and oxygen atoms in total. The fraction of sp³-hybridized carbons (Fsp3) is 0.375. The van der Waals surface area contributed by atoms with Crippen LogP contribution in [0.1, 0.15) is 65.3 Å². The van der Waals surface area contributed by atoms with Crippen molar-refractivity contribution in [3.8, 4) is 5.75 Å². The van der Waals surface area contributed by atoms with E-state index in [1.54, 1.807) is 29.2 Å². The van der Waals surface area contributed by atoms with Gasteiger partial charge >= 0.3 is 0 Å². The van der Waals surface area contributed by atoms with Crippen LogP contribution in [0, 0.1) is 0 Å². The molecule has 1 fully saturated rings. The van der Waals surface area contributed by atoms with Crippen molar-refractivity contribution >= 4 is 23.3 Å². The van der Waals surface area contributed by atoms with Crippen molar-refractivity contribution in [3.63, 3.8) is 0 Å². The second-order valence-corrected chi connectivity index (χ2v) is 8.02. The van der Waals surface area contributed by atoms with Gasteiger partial charge in [0.15, 0.2) is 12.4 Å². The van der Waals surface area contributed by atoms with E-state index in [0.29, 0.717) is 29.1 Å². The third-order valence-corrected chi connectivity index (χ3v) is 5.78. The van der Waals surface area contributed by atoms with Crippen molar-refractivity contribution in [3.05, 3.63) is 59.2 Å². The Kier molecular flexibility index (Phi) is 5.84. The van der Waals surface area contributed by atoms with Gasteiger partial charge in [-0.15, -0.1) is 0 Å². The highest BCUT2D eigenvalue weighted by Gasteiger charge is 2.26. The van der Waals surface area contributed by atoms with Gasteiger partial charge in [-0.2, -0.15) is 0 Å². The highest BCUT2D eigenvalue weighted by Crippen LogP contribution is 2.34. The molecule has 2 aromatic rings. The van der Waals surface area contributed by atoms with E-state index < -0.39 is 0 Å². The Bertz CT molecular complexity index is 979. The lowest BCUT2D eigenvalue weighted by molar-refractivity contribution is -0.121. The molecule has 0 atom stereocenters. The van der Waals surface area contributed by atoms with Crippen LogP contribution in [-0.4, -0.2) is 30.2 Å². The van der Waals surface area contributed by atoms with E-state index in [1.807, 2.05) is 18.2 Å². The van der Waals surface area contributed by atoms with Crippen molar-refractivity contribution < 1.29 is 19.1 Å². The first-order valence-corrected chi connectivity index (χ1v) is 10.5. The maximum absolute atomic E-state index is 12.7. The Morgan fingerprint density at radius 3 is 2.63 bits per heavy atom. The number of ketones is 1. The molecule has 0 aromatic heterocycles. The summed E-state index contributed by atoms with van der Waals surface area (Å²) in [6.45, 7) is 1.75. The van der Waals surface area contributed by atoms with E-state index in [4.69, 9.17) is 4.74 Å². The van der Waals surface area contributed by atoms with Crippen LogP contribution < -0.4 is 15.0 Å². The van der Waals surface area contributed by atoms with E-state index in [0.717, 1.165) is 31.2 Å². The van der Waals surface area contributed by atoms with Crippen LogP contribution in [0.25, 0.3) is 0 Å². The Labute approximate surface area is 176 Å². The molecule has 0 spiro atoms. The van der Waals surface area contributed by atoms with Crippen LogP contribution in [0.3, 0.4) is 0 Å². The number of ether oxygens (including phenoxy) is 1. The Balaban J connectivity index is 1.54. The molecule has 156 valence electrons. The predicted molar refractivity (Wildman–Crippen MR) is 114 cm³/mol. The monoisotopic (exact) mass is 406 g/mol. The summed E-state index contributed by atoms with van der Waals surface area (Å²) in [5, 5.41) is 3.13. The minimum absolute atomic E-state index is 0.0473. The average molecular weight is 406 g/mol. The number of anilines is 1. The molecule has 6 heteroatoms. The largest absolute Gasteiger partial charge is 0.482 e. The third-order valence-electron chi connectivity index (χ3n) is 5.78. The summed E-state index contributed by atoms with van der Waals surface area (Å²) in [5.74, 6) is 0.250. The summed E-state index contributed by atoms with van der Waals surface area (Å²) in [6, 6.07) is 12.7. The summed E-state index contributed by atoms with van der Waals surface area (Å²) >= 11 is 0. The Morgan fingerprint density at radius 1 is 1.07 bits per heavy atom. The van der Waals surface area contributed by atoms with Crippen molar-refractivity contribution in [2.24, 2.45) is 0 Å². The molecule has 4 rings (SSSR count). The second kappa shape index (κ2) is 8.69. The zero-order valence-electron chi connectivity index (χ0n) is 17.1. The van der Waals surface area contributed by atoms with Crippen molar-refractivity contribution in [1.82, 2.24) is 5.32 Å². The van der Waals surface area contributed by atoms with Crippen LogP contribution in [0.5, 0.6) is 5.75 Å². The SMILES string of the molecule is CC(=O)c1ccc2c(c1)N(Cc1cccc(C(=O)NC3CCCCC3)c1)C(=O)CO2. The zero-order chi connectivity index (χ0) is 21.1. The van der Waals surface area contributed by atoms with E-state index >= 15 is 0 Å². The number of carbonyl (C=O) groups is 3. The number of carbonyl (C=O) groups excluding carboxylic acids is 3. The molecule has 2 aliphatic rings. The Morgan fingerprint density at radius 2 is 1.87 bits per heavy atom. The van der Waals surface area contributed by atoms with Gasteiger partial charge in [0.25, 0.3) is 11.8 Å². The van der Waals surface area contributed by atoms with Gasteiger partial charge in [0.1, 0.15) is 5.75 Å². The molecular weight excluding hydrogens is 380 g/mol. The van der Waals surface area contributed by atoms with Gasteiger partial charge < -0.3 is 15.0 Å². The molecule has 1 aliphatic carbocycles. The average Bonchev–Trinajstić information content (AvgIpc) is 2.76. The van der Waals surface area contributed by atoms with Crippen LogP contribution in [-0.2, 0) is 11.3 Å². The molecule has 1 N–H and O–H groups in total. The van der Waals surface area contributed by atoms with Gasteiger partial charge in [0, 0.05) is 17.2 Å². The first-order valence-electron chi connectivity index (χ1n) is 10.5. The fourth-order valence-electron chi connectivity index (χ4n) is 4.10. The molecule has 0 radical (unpaired) electrons. The number of fused-ring (bicyclic) bond motifs is 1. The lowest BCUT2D eigenvalue weighted by Gasteiger charge is -2.30. The molecule has 0 unspecified atom stereocenters. The van der Waals surface area contributed by atoms with Crippen LogP contribution >= 0.6 is 0 Å². The maximum atomic E-state index is 12.7. The highest BCUT2D eigenvalue weighted by atomic mass is 16.5.